The van der Waals surface area contributed by atoms with Crippen molar-refractivity contribution in [3.05, 3.63) is 57.5 Å². The molecule has 30 heavy (non-hydrogen) atoms. The number of benzene rings is 1. The summed E-state index contributed by atoms with van der Waals surface area (Å²) in [6.07, 6.45) is 4.70. The molecule has 1 N–H and O–H groups in total. The highest BCUT2D eigenvalue weighted by atomic mass is 32.2. The number of carbonyl (C=O) groups excluding carboxylic acids is 1. The largest absolute Gasteiger partial charge is 0.388 e. The fourth-order valence-corrected chi connectivity index (χ4v) is 5.48. The van der Waals surface area contributed by atoms with Crippen LogP contribution in [0.3, 0.4) is 0 Å². The Balaban J connectivity index is 1.57. The molecule has 0 saturated heterocycles. The van der Waals surface area contributed by atoms with Gasteiger partial charge in [0, 0.05) is 28.2 Å². The molecule has 4 rings (SSSR count). The van der Waals surface area contributed by atoms with Crippen molar-refractivity contribution < 1.29 is 18.0 Å². The molecule has 0 radical (unpaired) electrons. The third kappa shape index (κ3) is 4.74. The molecule has 0 aliphatic heterocycles. The van der Waals surface area contributed by atoms with E-state index in [4.69, 9.17) is 4.84 Å². The maximum atomic E-state index is 12.8. The molecule has 1 aliphatic rings. The predicted octanol–water partition coefficient (Wildman–Crippen LogP) is 3.40. The van der Waals surface area contributed by atoms with E-state index in [1.807, 2.05) is 12.3 Å². The second-order valence-electron chi connectivity index (χ2n) is 6.64. The zero-order valence-corrected chi connectivity index (χ0v) is 18.4. The number of carbonyl (C=O) groups is 1. The van der Waals surface area contributed by atoms with Gasteiger partial charge in [-0.2, -0.15) is 0 Å². The molecule has 11 heteroatoms. The zero-order chi connectivity index (χ0) is 21.1. The molecule has 1 saturated carbocycles. The molecule has 0 spiro atoms. The van der Waals surface area contributed by atoms with E-state index in [0.29, 0.717) is 23.5 Å². The number of aromatic nitrogens is 2. The number of anilines is 1. The van der Waals surface area contributed by atoms with E-state index in [0.717, 1.165) is 9.88 Å². The molecule has 0 atom stereocenters. The fourth-order valence-electron chi connectivity index (χ4n) is 2.64. The summed E-state index contributed by atoms with van der Waals surface area (Å²) in [4.78, 5) is 27.6. The number of nitrogens with one attached hydrogen (secondary N) is 1. The van der Waals surface area contributed by atoms with Gasteiger partial charge in [0.25, 0.3) is 5.91 Å². The second-order valence-corrected chi connectivity index (χ2v) is 11.1. The number of thiazole rings is 2. The number of oxime groups is 1. The Kier molecular flexibility index (Phi) is 5.93. The van der Waals surface area contributed by atoms with E-state index in [2.05, 4.69) is 20.4 Å². The highest BCUT2D eigenvalue weighted by Crippen LogP contribution is 2.33. The van der Waals surface area contributed by atoms with Crippen molar-refractivity contribution in [3.63, 3.8) is 0 Å². The first-order chi connectivity index (χ1) is 14.4. The topological polar surface area (TPSA) is 111 Å². The monoisotopic (exact) mass is 462 g/mol. The minimum absolute atomic E-state index is 0.0229. The van der Waals surface area contributed by atoms with Crippen molar-refractivity contribution in [2.75, 3.05) is 5.32 Å². The maximum absolute atomic E-state index is 12.8. The lowest BCUT2D eigenvalue weighted by molar-refractivity contribution is -0.110. The highest BCUT2D eigenvalue weighted by molar-refractivity contribution is 7.92. The lowest BCUT2D eigenvalue weighted by atomic mass is 10.1. The summed E-state index contributed by atoms with van der Waals surface area (Å²) < 4.78 is 24.8. The van der Waals surface area contributed by atoms with Crippen LogP contribution < -0.4 is 5.32 Å². The third-order valence-corrected chi connectivity index (χ3v) is 8.16. The summed E-state index contributed by atoms with van der Waals surface area (Å²) in [7, 11) is -3.31. The van der Waals surface area contributed by atoms with Gasteiger partial charge in [0.1, 0.15) is 5.01 Å². The Bertz CT molecular complexity index is 1160. The van der Waals surface area contributed by atoms with E-state index in [1.54, 1.807) is 24.5 Å². The number of hydrogen-bond donors (Lipinski definition) is 1. The molecule has 2 aromatic heterocycles. The van der Waals surface area contributed by atoms with Crippen LogP contribution >= 0.6 is 22.7 Å². The molecule has 8 nitrogen and oxygen atoms in total. The average molecular weight is 463 g/mol. The van der Waals surface area contributed by atoms with Crippen molar-refractivity contribution in [2.24, 2.45) is 5.16 Å². The van der Waals surface area contributed by atoms with E-state index in [1.165, 1.54) is 34.8 Å². The number of sulfone groups is 1. The van der Waals surface area contributed by atoms with Crippen LogP contribution in [0.15, 0.2) is 52.1 Å². The van der Waals surface area contributed by atoms with Crippen molar-refractivity contribution >= 4 is 49.3 Å². The molecule has 3 aromatic rings. The smallest absolute Gasteiger partial charge is 0.280 e. The Morgan fingerprint density at radius 1 is 1.27 bits per heavy atom. The van der Waals surface area contributed by atoms with Gasteiger partial charge in [-0.05, 0) is 31.9 Å². The first kappa shape index (κ1) is 20.6. The Labute approximate surface area is 181 Å². The molecule has 1 aromatic carbocycles. The van der Waals surface area contributed by atoms with Crippen LogP contribution in [0.1, 0.15) is 28.3 Å². The number of nitrogens with zero attached hydrogens (tertiary/aromatic N) is 3. The zero-order valence-electron chi connectivity index (χ0n) is 15.9. The minimum Gasteiger partial charge on any atom is -0.388 e. The van der Waals surface area contributed by atoms with Gasteiger partial charge < -0.3 is 4.84 Å². The molecule has 0 bridgehead atoms. The number of aryl methyl sites for hydroxylation is 1. The summed E-state index contributed by atoms with van der Waals surface area (Å²) in [5.41, 5.74) is 0.462. The third-order valence-electron chi connectivity index (χ3n) is 4.30. The quantitative estimate of drug-likeness (QED) is 0.406. The van der Waals surface area contributed by atoms with Crippen molar-refractivity contribution in [3.8, 4) is 0 Å². The van der Waals surface area contributed by atoms with E-state index in [-0.39, 0.29) is 22.5 Å². The fraction of sp³-hybridized carbons (Fsp3) is 0.263. The van der Waals surface area contributed by atoms with E-state index >= 15 is 0 Å². The molecule has 1 aliphatic carbocycles. The summed E-state index contributed by atoms with van der Waals surface area (Å²) in [6.45, 7) is 2.01. The van der Waals surface area contributed by atoms with Crippen molar-refractivity contribution in [2.45, 2.75) is 36.5 Å². The average Bonchev–Trinajstić information content (AvgIpc) is 3.34. The first-order valence-corrected chi connectivity index (χ1v) is 12.3. The number of amides is 1. The lowest BCUT2D eigenvalue weighted by Crippen LogP contribution is -2.24. The minimum atomic E-state index is -3.31. The van der Waals surface area contributed by atoms with Crippen LogP contribution in [-0.4, -0.2) is 35.3 Å². The Morgan fingerprint density at radius 2 is 2.03 bits per heavy atom. The molecular formula is C19H18N4O4S3. The molecule has 1 amide bonds. The van der Waals surface area contributed by atoms with Crippen LogP contribution in [0.5, 0.6) is 0 Å². The van der Waals surface area contributed by atoms with Crippen molar-refractivity contribution in [1.82, 2.24) is 9.97 Å². The van der Waals surface area contributed by atoms with Gasteiger partial charge in [-0.25, -0.2) is 18.4 Å². The molecule has 1 fully saturated rings. The Hall–Kier alpha value is -2.63. The van der Waals surface area contributed by atoms with Crippen LogP contribution in [0, 0.1) is 6.92 Å². The number of hydrogen-bond acceptors (Lipinski definition) is 9. The first-order valence-electron chi connectivity index (χ1n) is 9.10. The van der Waals surface area contributed by atoms with Crippen LogP contribution in [-0.2, 0) is 26.1 Å². The standard InChI is InChI=1S/C19H18N4O4S3/c1-12-10-21-19(29-12)22-18(24)17(23-27-11-16-20-8-9-28-16)13-2-4-14(5-3-13)30(25,26)15-6-7-15/h2-5,8-10,15H,6-7,11H2,1H3,(H,21,22,24). The molecule has 2 heterocycles. The predicted molar refractivity (Wildman–Crippen MR) is 116 cm³/mol. The normalized spacial score (nSPS) is 14.5. The summed E-state index contributed by atoms with van der Waals surface area (Å²) in [5.74, 6) is -0.499. The van der Waals surface area contributed by atoms with Gasteiger partial charge in [-0.15, -0.1) is 22.7 Å². The van der Waals surface area contributed by atoms with E-state index < -0.39 is 15.7 Å². The van der Waals surface area contributed by atoms with Gasteiger partial charge in [0.2, 0.25) is 0 Å². The van der Waals surface area contributed by atoms with Crippen molar-refractivity contribution in [1.29, 1.82) is 0 Å². The van der Waals surface area contributed by atoms with Crippen LogP contribution in [0.25, 0.3) is 0 Å². The van der Waals surface area contributed by atoms with E-state index in [9.17, 15) is 13.2 Å². The van der Waals surface area contributed by atoms with Crippen LogP contribution in [0.2, 0.25) is 0 Å². The van der Waals surface area contributed by atoms with Gasteiger partial charge in [-0.3, -0.25) is 10.1 Å². The van der Waals surface area contributed by atoms with Crippen LogP contribution in [0.4, 0.5) is 5.13 Å². The SMILES string of the molecule is Cc1cnc(NC(=O)C(=NOCc2nccs2)c2ccc(S(=O)(=O)C3CC3)cc2)s1. The highest BCUT2D eigenvalue weighted by Gasteiger charge is 2.36. The van der Waals surface area contributed by atoms with Gasteiger partial charge >= 0.3 is 0 Å². The molecule has 156 valence electrons. The van der Waals surface area contributed by atoms with Gasteiger partial charge in [-0.1, -0.05) is 17.3 Å². The van der Waals surface area contributed by atoms with Gasteiger partial charge in [0.15, 0.2) is 27.3 Å². The van der Waals surface area contributed by atoms with Gasteiger partial charge in [0.05, 0.1) is 10.1 Å². The molecular weight excluding hydrogens is 444 g/mol. The summed E-state index contributed by atoms with van der Waals surface area (Å²) >= 11 is 2.76. The molecule has 0 unspecified atom stereocenters. The summed E-state index contributed by atoms with van der Waals surface area (Å²) in [5, 5.41) is 9.40. The summed E-state index contributed by atoms with van der Waals surface area (Å²) in [6, 6.07) is 6.13. The maximum Gasteiger partial charge on any atom is 0.280 e. The lowest BCUT2D eigenvalue weighted by Gasteiger charge is -2.08. The second kappa shape index (κ2) is 8.62. The number of rotatable bonds is 8. The Morgan fingerprint density at radius 3 is 2.63 bits per heavy atom.